The van der Waals surface area contributed by atoms with Crippen LogP contribution in [0.5, 0.6) is 11.5 Å². The lowest BCUT2D eigenvalue weighted by atomic mass is 10.2. The van der Waals surface area contributed by atoms with E-state index in [9.17, 15) is 4.79 Å². The van der Waals surface area contributed by atoms with Gasteiger partial charge in [-0.3, -0.25) is 4.79 Å². The Labute approximate surface area is 126 Å². The van der Waals surface area contributed by atoms with Gasteiger partial charge in [0, 0.05) is 12.3 Å². The van der Waals surface area contributed by atoms with Crippen molar-refractivity contribution in [2.45, 2.75) is 0 Å². The van der Waals surface area contributed by atoms with E-state index in [0.29, 0.717) is 22.7 Å². The molecule has 1 aromatic carbocycles. The second-order valence-electron chi connectivity index (χ2n) is 4.11. The molecule has 110 valence electrons. The number of nitrogens with two attached hydrogens (primary N) is 1. The Morgan fingerprint density at radius 2 is 2.05 bits per heavy atom. The zero-order valence-electron chi connectivity index (χ0n) is 11.5. The zero-order chi connectivity index (χ0) is 15.4. The summed E-state index contributed by atoms with van der Waals surface area (Å²) in [5.74, 6) is 0.904. The van der Waals surface area contributed by atoms with Gasteiger partial charge < -0.3 is 20.5 Å². The summed E-state index contributed by atoms with van der Waals surface area (Å²) in [6.07, 6.45) is 1.35. The molecule has 0 fully saturated rings. The first-order valence-electron chi connectivity index (χ1n) is 5.99. The summed E-state index contributed by atoms with van der Waals surface area (Å²) < 4.78 is 10.3. The van der Waals surface area contributed by atoms with Crippen molar-refractivity contribution in [3.8, 4) is 11.5 Å². The van der Waals surface area contributed by atoms with E-state index in [1.807, 2.05) is 0 Å². The van der Waals surface area contributed by atoms with E-state index in [1.165, 1.54) is 26.5 Å². The minimum atomic E-state index is -0.379. The third-order valence-corrected chi connectivity index (χ3v) is 3.09. The fourth-order valence-corrected chi connectivity index (χ4v) is 1.85. The molecule has 1 aromatic heterocycles. The number of benzene rings is 1. The number of pyridine rings is 1. The number of ether oxygens (including phenoxy) is 2. The molecule has 0 bridgehead atoms. The van der Waals surface area contributed by atoms with Gasteiger partial charge in [0.2, 0.25) is 0 Å². The predicted molar refractivity (Wildman–Crippen MR) is 81.2 cm³/mol. The van der Waals surface area contributed by atoms with Gasteiger partial charge in [-0.1, -0.05) is 11.6 Å². The minimum Gasteiger partial charge on any atom is -0.497 e. The molecule has 0 aliphatic carbocycles. The van der Waals surface area contributed by atoms with Gasteiger partial charge in [-0.05, 0) is 18.2 Å². The summed E-state index contributed by atoms with van der Waals surface area (Å²) in [4.78, 5) is 16.0. The summed E-state index contributed by atoms with van der Waals surface area (Å²) in [6.45, 7) is 0. The number of carbonyl (C=O) groups is 1. The van der Waals surface area contributed by atoms with Gasteiger partial charge >= 0.3 is 0 Å². The zero-order valence-corrected chi connectivity index (χ0v) is 12.3. The molecule has 0 unspecified atom stereocenters. The van der Waals surface area contributed by atoms with Crippen LogP contribution in [-0.4, -0.2) is 25.1 Å². The Morgan fingerprint density at radius 1 is 1.29 bits per heavy atom. The normalized spacial score (nSPS) is 10.0. The van der Waals surface area contributed by atoms with Crippen molar-refractivity contribution in [2.24, 2.45) is 0 Å². The number of rotatable bonds is 4. The number of hydrogen-bond donors (Lipinski definition) is 2. The topological polar surface area (TPSA) is 86.5 Å². The van der Waals surface area contributed by atoms with Crippen molar-refractivity contribution < 1.29 is 14.3 Å². The Balaban J connectivity index is 2.28. The Kier molecular flexibility index (Phi) is 4.49. The van der Waals surface area contributed by atoms with Crippen molar-refractivity contribution in [1.29, 1.82) is 0 Å². The predicted octanol–water partition coefficient (Wildman–Crippen LogP) is 2.59. The molecule has 2 aromatic rings. The van der Waals surface area contributed by atoms with E-state index in [0.717, 1.165) is 0 Å². The summed E-state index contributed by atoms with van der Waals surface area (Å²) in [5, 5.41) is 2.94. The molecule has 21 heavy (non-hydrogen) atoms. The van der Waals surface area contributed by atoms with Crippen LogP contribution in [0.25, 0.3) is 0 Å². The van der Waals surface area contributed by atoms with Crippen molar-refractivity contribution in [3.05, 3.63) is 41.0 Å². The van der Waals surface area contributed by atoms with E-state index in [2.05, 4.69) is 10.3 Å². The quantitative estimate of drug-likeness (QED) is 0.906. The molecule has 1 heterocycles. The maximum atomic E-state index is 12.2. The van der Waals surface area contributed by atoms with Gasteiger partial charge in [0.1, 0.15) is 17.3 Å². The molecule has 1 amide bonds. The number of amides is 1. The van der Waals surface area contributed by atoms with Gasteiger partial charge in [0.25, 0.3) is 5.91 Å². The molecule has 3 N–H and O–H groups in total. The molecule has 7 heteroatoms. The van der Waals surface area contributed by atoms with E-state index in [1.54, 1.807) is 18.2 Å². The van der Waals surface area contributed by atoms with Crippen molar-refractivity contribution in [2.75, 3.05) is 25.3 Å². The SMILES string of the molecule is COc1ccc(OC)c(NC(=O)c2cnc(N)c(Cl)c2)c1. The van der Waals surface area contributed by atoms with E-state index < -0.39 is 0 Å². The standard InChI is InChI=1S/C14H14ClN3O3/c1-20-9-3-4-12(21-2)11(6-9)18-14(19)8-5-10(15)13(16)17-7-8/h3-7H,1-2H3,(H2,16,17)(H,18,19). The Morgan fingerprint density at radius 3 is 2.67 bits per heavy atom. The van der Waals surface area contributed by atoms with Gasteiger partial charge in [0.05, 0.1) is 30.5 Å². The molecule has 0 radical (unpaired) electrons. The van der Waals surface area contributed by atoms with Crippen LogP contribution >= 0.6 is 11.6 Å². The maximum Gasteiger partial charge on any atom is 0.257 e. The smallest absolute Gasteiger partial charge is 0.257 e. The van der Waals surface area contributed by atoms with Crippen LogP contribution in [0.3, 0.4) is 0 Å². The Bertz CT molecular complexity index is 677. The lowest BCUT2D eigenvalue weighted by Gasteiger charge is -2.12. The highest BCUT2D eigenvalue weighted by Gasteiger charge is 2.12. The number of halogens is 1. The molecule has 6 nitrogen and oxygen atoms in total. The molecule has 0 aliphatic rings. The monoisotopic (exact) mass is 307 g/mol. The van der Waals surface area contributed by atoms with Crippen LogP contribution in [0.2, 0.25) is 5.02 Å². The molecular formula is C14H14ClN3O3. The average molecular weight is 308 g/mol. The van der Waals surface area contributed by atoms with Crippen molar-refractivity contribution in [3.63, 3.8) is 0 Å². The highest BCUT2D eigenvalue weighted by molar-refractivity contribution is 6.33. The maximum absolute atomic E-state index is 12.2. The molecule has 0 saturated heterocycles. The van der Waals surface area contributed by atoms with Crippen molar-refractivity contribution in [1.82, 2.24) is 4.98 Å². The molecule has 2 rings (SSSR count). The number of aromatic nitrogens is 1. The summed E-state index contributed by atoms with van der Waals surface area (Å²) in [7, 11) is 3.05. The summed E-state index contributed by atoms with van der Waals surface area (Å²) >= 11 is 5.85. The fraction of sp³-hybridized carbons (Fsp3) is 0.143. The van der Waals surface area contributed by atoms with Crippen LogP contribution in [0, 0.1) is 0 Å². The van der Waals surface area contributed by atoms with Crippen LogP contribution in [0.15, 0.2) is 30.5 Å². The third-order valence-electron chi connectivity index (χ3n) is 2.79. The number of carbonyl (C=O) groups excluding carboxylic acids is 1. The van der Waals surface area contributed by atoms with Gasteiger partial charge in [-0.25, -0.2) is 4.98 Å². The second-order valence-corrected chi connectivity index (χ2v) is 4.52. The number of nitrogen functional groups attached to an aromatic ring is 1. The number of methoxy groups -OCH3 is 2. The van der Waals surface area contributed by atoms with Crippen molar-refractivity contribution >= 4 is 29.0 Å². The van der Waals surface area contributed by atoms with Crippen LogP contribution in [-0.2, 0) is 0 Å². The van der Waals surface area contributed by atoms with E-state index >= 15 is 0 Å². The van der Waals surface area contributed by atoms with Gasteiger partial charge in [0.15, 0.2) is 0 Å². The molecular weight excluding hydrogens is 294 g/mol. The first-order chi connectivity index (χ1) is 10.0. The summed E-state index contributed by atoms with van der Waals surface area (Å²) in [6, 6.07) is 6.54. The first kappa shape index (κ1) is 14.9. The highest BCUT2D eigenvalue weighted by atomic mass is 35.5. The van der Waals surface area contributed by atoms with Gasteiger partial charge in [-0.2, -0.15) is 0 Å². The van der Waals surface area contributed by atoms with Crippen LogP contribution in [0.1, 0.15) is 10.4 Å². The van der Waals surface area contributed by atoms with E-state index in [-0.39, 0.29) is 16.7 Å². The van der Waals surface area contributed by atoms with Crippen LogP contribution < -0.4 is 20.5 Å². The number of nitrogens with zero attached hydrogens (tertiary/aromatic N) is 1. The molecule has 0 atom stereocenters. The van der Waals surface area contributed by atoms with Crippen LogP contribution in [0.4, 0.5) is 11.5 Å². The second kappa shape index (κ2) is 6.32. The fourth-order valence-electron chi connectivity index (χ4n) is 1.68. The number of anilines is 2. The number of hydrogen-bond acceptors (Lipinski definition) is 5. The Hall–Kier alpha value is -2.47. The highest BCUT2D eigenvalue weighted by Crippen LogP contribution is 2.29. The molecule has 0 saturated carbocycles. The lowest BCUT2D eigenvalue weighted by Crippen LogP contribution is -2.13. The number of nitrogens with one attached hydrogen (secondary N) is 1. The van der Waals surface area contributed by atoms with Gasteiger partial charge in [-0.15, -0.1) is 0 Å². The van der Waals surface area contributed by atoms with E-state index in [4.69, 9.17) is 26.8 Å². The lowest BCUT2D eigenvalue weighted by molar-refractivity contribution is 0.102. The largest absolute Gasteiger partial charge is 0.497 e. The molecule has 0 aliphatic heterocycles. The third kappa shape index (κ3) is 3.35. The average Bonchev–Trinajstić information content (AvgIpc) is 2.49. The molecule has 0 spiro atoms. The first-order valence-corrected chi connectivity index (χ1v) is 6.37. The summed E-state index contributed by atoms with van der Waals surface area (Å²) in [5.41, 5.74) is 6.29. The minimum absolute atomic E-state index is 0.173.